The Morgan fingerprint density at radius 2 is 1.86 bits per heavy atom. The zero-order valence-electron chi connectivity index (χ0n) is 20.5. The minimum atomic E-state index is -0.904. The molecule has 0 aliphatic carbocycles. The normalized spacial score (nSPS) is 16.5. The van der Waals surface area contributed by atoms with Crippen molar-refractivity contribution in [2.24, 2.45) is 5.73 Å². The van der Waals surface area contributed by atoms with Crippen molar-refractivity contribution in [1.82, 2.24) is 10.2 Å². The van der Waals surface area contributed by atoms with Gasteiger partial charge in [-0.2, -0.15) is 0 Å². The van der Waals surface area contributed by atoms with Gasteiger partial charge >= 0.3 is 5.97 Å². The maximum absolute atomic E-state index is 13.0. The Morgan fingerprint density at radius 1 is 1.14 bits per heavy atom. The molecule has 0 aromatic heterocycles. The first-order valence-electron chi connectivity index (χ1n) is 12.3. The lowest BCUT2D eigenvalue weighted by atomic mass is 10.1. The minimum Gasteiger partial charge on any atom is -0.489 e. The quantitative estimate of drug-likeness (QED) is 0.459. The molecule has 1 unspecified atom stereocenters. The molecule has 2 amide bonds. The first-order chi connectivity index (χ1) is 17.5. The van der Waals surface area contributed by atoms with Crippen molar-refractivity contribution >= 4 is 17.8 Å². The topological polar surface area (TPSA) is 120 Å². The fraction of sp³-hybridized carbons (Fsp3) is 0.444. The van der Waals surface area contributed by atoms with E-state index in [1.165, 1.54) is 17.6 Å². The Bertz CT molecular complexity index is 1080. The Kier molecular flexibility index (Phi) is 8.56. The zero-order valence-corrected chi connectivity index (χ0v) is 20.5. The first kappa shape index (κ1) is 25.7. The SMILES string of the molecule is COC(=O)CCC(C(N)=O)N1Cc2c(OCc3ccc(CNC4CCOCC4)cc3)cccc2C1=O. The summed E-state index contributed by atoms with van der Waals surface area (Å²) in [6.45, 7) is 2.98. The summed E-state index contributed by atoms with van der Waals surface area (Å²) in [5.41, 5.74) is 8.97. The second-order valence-electron chi connectivity index (χ2n) is 9.12. The summed E-state index contributed by atoms with van der Waals surface area (Å²) in [6.07, 6.45) is 2.18. The number of nitrogens with zero attached hydrogens (tertiary/aromatic N) is 1. The smallest absolute Gasteiger partial charge is 0.305 e. The number of fused-ring (bicyclic) bond motifs is 1. The molecule has 4 rings (SSSR count). The predicted molar refractivity (Wildman–Crippen MR) is 132 cm³/mol. The van der Waals surface area contributed by atoms with Crippen molar-refractivity contribution in [2.45, 2.75) is 57.5 Å². The van der Waals surface area contributed by atoms with E-state index in [0.717, 1.165) is 38.2 Å². The van der Waals surface area contributed by atoms with Crippen molar-refractivity contribution in [3.8, 4) is 5.75 Å². The molecular formula is C27H33N3O6. The summed E-state index contributed by atoms with van der Waals surface area (Å²) in [4.78, 5) is 38.1. The van der Waals surface area contributed by atoms with E-state index < -0.39 is 17.9 Å². The number of nitrogens with one attached hydrogen (secondary N) is 1. The highest BCUT2D eigenvalue weighted by Crippen LogP contribution is 2.33. The lowest BCUT2D eigenvalue weighted by Gasteiger charge is -2.24. The Labute approximate surface area is 210 Å². The van der Waals surface area contributed by atoms with Gasteiger partial charge in [-0.3, -0.25) is 14.4 Å². The molecule has 0 spiro atoms. The molecule has 192 valence electrons. The van der Waals surface area contributed by atoms with Gasteiger partial charge in [0.25, 0.3) is 5.91 Å². The third kappa shape index (κ3) is 6.22. The molecule has 0 bridgehead atoms. The molecule has 9 nitrogen and oxygen atoms in total. The highest BCUT2D eigenvalue weighted by molar-refractivity contribution is 6.01. The molecule has 2 heterocycles. The molecular weight excluding hydrogens is 462 g/mol. The van der Waals surface area contributed by atoms with Crippen LogP contribution in [0, 0.1) is 0 Å². The summed E-state index contributed by atoms with van der Waals surface area (Å²) in [5, 5.41) is 3.58. The number of carbonyl (C=O) groups is 3. The van der Waals surface area contributed by atoms with E-state index in [0.29, 0.717) is 29.5 Å². The maximum atomic E-state index is 13.0. The van der Waals surface area contributed by atoms with Crippen molar-refractivity contribution in [2.75, 3.05) is 20.3 Å². The summed E-state index contributed by atoms with van der Waals surface area (Å²) < 4.78 is 16.1. The van der Waals surface area contributed by atoms with Crippen LogP contribution in [0.25, 0.3) is 0 Å². The average molecular weight is 496 g/mol. The standard InChI is InChI=1S/C27H33N3O6/c1-34-25(31)10-9-23(26(28)32)30-16-22-21(27(30)33)3-2-4-24(22)36-17-19-7-5-18(6-8-19)15-29-20-11-13-35-14-12-20/h2-8,20,23,29H,9-17H2,1H3,(H2,28,32). The summed E-state index contributed by atoms with van der Waals surface area (Å²) in [5.74, 6) is -0.830. The Balaban J connectivity index is 1.36. The van der Waals surface area contributed by atoms with Crippen molar-refractivity contribution < 1.29 is 28.6 Å². The van der Waals surface area contributed by atoms with E-state index in [1.807, 2.05) is 18.2 Å². The number of nitrogens with two attached hydrogens (primary N) is 1. The van der Waals surface area contributed by atoms with E-state index in [4.69, 9.17) is 15.2 Å². The molecule has 9 heteroatoms. The van der Waals surface area contributed by atoms with E-state index >= 15 is 0 Å². The molecule has 0 radical (unpaired) electrons. The van der Waals surface area contributed by atoms with Crippen LogP contribution in [0.2, 0.25) is 0 Å². The van der Waals surface area contributed by atoms with Crippen LogP contribution >= 0.6 is 0 Å². The van der Waals surface area contributed by atoms with Gasteiger partial charge in [0.15, 0.2) is 0 Å². The number of hydrogen-bond acceptors (Lipinski definition) is 7. The summed E-state index contributed by atoms with van der Waals surface area (Å²) in [6, 6.07) is 13.1. The number of carbonyl (C=O) groups excluding carboxylic acids is 3. The fourth-order valence-electron chi connectivity index (χ4n) is 4.60. The Morgan fingerprint density at radius 3 is 2.56 bits per heavy atom. The van der Waals surface area contributed by atoms with Gasteiger partial charge in [0.05, 0.1) is 13.7 Å². The molecule has 1 atom stereocenters. The van der Waals surface area contributed by atoms with Crippen LogP contribution in [-0.4, -0.2) is 55.1 Å². The van der Waals surface area contributed by atoms with Crippen molar-refractivity contribution in [1.29, 1.82) is 0 Å². The van der Waals surface area contributed by atoms with Crippen molar-refractivity contribution in [3.05, 3.63) is 64.7 Å². The molecule has 3 N–H and O–H groups in total. The fourth-order valence-corrected chi connectivity index (χ4v) is 4.60. The van der Waals surface area contributed by atoms with Gasteiger partial charge in [-0.05, 0) is 42.5 Å². The molecule has 2 aliphatic heterocycles. The van der Waals surface area contributed by atoms with Crippen LogP contribution in [0.4, 0.5) is 0 Å². The second kappa shape index (κ2) is 12.0. The van der Waals surface area contributed by atoms with Gasteiger partial charge in [0, 0.05) is 43.3 Å². The highest BCUT2D eigenvalue weighted by atomic mass is 16.5. The third-order valence-corrected chi connectivity index (χ3v) is 6.74. The Hall–Kier alpha value is -3.43. The van der Waals surface area contributed by atoms with E-state index in [1.54, 1.807) is 12.1 Å². The number of ether oxygens (including phenoxy) is 3. The number of hydrogen-bond donors (Lipinski definition) is 2. The maximum Gasteiger partial charge on any atom is 0.305 e. The first-order valence-corrected chi connectivity index (χ1v) is 12.3. The lowest BCUT2D eigenvalue weighted by molar-refractivity contribution is -0.141. The number of rotatable bonds is 11. The number of esters is 1. The molecule has 1 saturated heterocycles. The van der Waals surface area contributed by atoms with Gasteiger partial charge in [-0.1, -0.05) is 30.3 Å². The molecule has 2 aliphatic rings. The van der Waals surface area contributed by atoms with Crippen LogP contribution < -0.4 is 15.8 Å². The molecule has 2 aromatic carbocycles. The third-order valence-electron chi connectivity index (χ3n) is 6.74. The van der Waals surface area contributed by atoms with Crippen LogP contribution in [0.3, 0.4) is 0 Å². The average Bonchev–Trinajstić information content (AvgIpc) is 3.23. The monoisotopic (exact) mass is 495 g/mol. The summed E-state index contributed by atoms with van der Waals surface area (Å²) in [7, 11) is 1.28. The molecule has 2 aromatic rings. The van der Waals surface area contributed by atoms with Gasteiger partial charge in [-0.15, -0.1) is 0 Å². The minimum absolute atomic E-state index is 0.00578. The second-order valence-corrected chi connectivity index (χ2v) is 9.12. The number of primary amides is 1. The van der Waals surface area contributed by atoms with Crippen LogP contribution in [0.15, 0.2) is 42.5 Å². The molecule has 0 saturated carbocycles. The zero-order chi connectivity index (χ0) is 25.5. The number of amides is 2. The van der Waals surface area contributed by atoms with E-state index in [9.17, 15) is 14.4 Å². The van der Waals surface area contributed by atoms with Gasteiger partial charge < -0.3 is 30.2 Å². The summed E-state index contributed by atoms with van der Waals surface area (Å²) >= 11 is 0. The molecule has 1 fully saturated rings. The largest absolute Gasteiger partial charge is 0.489 e. The van der Waals surface area contributed by atoms with E-state index in [-0.39, 0.29) is 25.3 Å². The lowest BCUT2D eigenvalue weighted by Crippen LogP contribution is -2.45. The highest BCUT2D eigenvalue weighted by Gasteiger charge is 2.37. The van der Waals surface area contributed by atoms with Gasteiger partial charge in [-0.25, -0.2) is 0 Å². The van der Waals surface area contributed by atoms with Crippen LogP contribution in [0.5, 0.6) is 5.75 Å². The van der Waals surface area contributed by atoms with Crippen molar-refractivity contribution in [3.63, 3.8) is 0 Å². The van der Waals surface area contributed by atoms with Gasteiger partial charge in [0.1, 0.15) is 18.4 Å². The predicted octanol–water partition coefficient (Wildman–Crippen LogP) is 2.30. The number of methoxy groups -OCH3 is 1. The van der Waals surface area contributed by atoms with Gasteiger partial charge in [0.2, 0.25) is 5.91 Å². The van der Waals surface area contributed by atoms with E-state index in [2.05, 4.69) is 22.2 Å². The molecule has 36 heavy (non-hydrogen) atoms. The number of benzene rings is 2. The van der Waals surface area contributed by atoms with Crippen LogP contribution in [-0.2, 0) is 38.8 Å². The van der Waals surface area contributed by atoms with Crippen LogP contribution in [0.1, 0.15) is 52.7 Å².